The van der Waals surface area contributed by atoms with Gasteiger partial charge >= 0.3 is 0 Å². The number of carbonyl (C=O) groups is 1. The second-order valence-electron chi connectivity index (χ2n) is 2.99. The molecule has 0 aliphatic heterocycles. The molecule has 0 bridgehead atoms. The third-order valence-corrected chi connectivity index (χ3v) is 2.97. The van der Waals surface area contributed by atoms with Gasteiger partial charge in [0.25, 0.3) is 5.91 Å². The van der Waals surface area contributed by atoms with E-state index in [1.807, 2.05) is 0 Å². The fourth-order valence-corrected chi connectivity index (χ4v) is 1.88. The van der Waals surface area contributed by atoms with Crippen LogP contribution in [0.5, 0.6) is 0 Å². The van der Waals surface area contributed by atoms with Crippen molar-refractivity contribution < 1.29 is 4.79 Å². The Kier molecular flexibility index (Phi) is 3.07. The monoisotopic (exact) mass is 253 g/mol. The molecule has 1 amide bonds. The number of hydrogen-bond acceptors (Lipinski definition) is 4. The maximum absolute atomic E-state index is 11.8. The Bertz CT molecular complexity index is 513. The van der Waals surface area contributed by atoms with E-state index in [-0.39, 0.29) is 11.6 Å². The van der Waals surface area contributed by atoms with Gasteiger partial charge in [-0.25, -0.2) is 4.98 Å². The zero-order chi connectivity index (χ0) is 11.5. The molecule has 1 aromatic carbocycles. The van der Waals surface area contributed by atoms with Crippen molar-refractivity contribution in [3.63, 3.8) is 0 Å². The zero-order valence-corrected chi connectivity index (χ0v) is 9.68. The minimum Gasteiger partial charge on any atom is -0.397 e. The van der Waals surface area contributed by atoms with E-state index < -0.39 is 0 Å². The molecule has 82 valence electrons. The molecule has 16 heavy (non-hydrogen) atoms. The first-order valence-corrected chi connectivity index (χ1v) is 5.69. The molecule has 1 aromatic heterocycles. The number of benzene rings is 1. The molecule has 0 saturated heterocycles. The average molecular weight is 254 g/mol. The number of nitrogens with two attached hydrogens (primary N) is 1. The van der Waals surface area contributed by atoms with Gasteiger partial charge in [0.1, 0.15) is 0 Å². The summed E-state index contributed by atoms with van der Waals surface area (Å²) >= 11 is 7.16. The molecule has 0 saturated carbocycles. The Morgan fingerprint density at radius 2 is 2.31 bits per heavy atom. The van der Waals surface area contributed by atoms with Crippen molar-refractivity contribution in [2.45, 2.75) is 0 Å². The quantitative estimate of drug-likeness (QED) is 0.809. The maximum atomic E-state index is 11.8. The molecule has 0 aliphatic carbocycles. The summed E-state index contributed by atoms with van der Waals surface area (Å²) in [5, 5.41) is 5.31. The molecule has 6 heteroatoms. The highest BCUT2D eigenvalue weighted by atomic mass is 35.5. The summed E-state index contributed by atoms with van der Waals surface area (Å²) in [5.41, 5.74) is 6.33. The minimum absolute atomic E-state index is 0.276. The van der Waals surface area contributed by atoms with Crippen LogP contribution in [-0.2, 0) is 0 Å². The maximum Gasteiger partial charge on any atom is 0.259 e. The van der Waals surface area contributed by atoms with Gasteiger partial charge in [0, 0.05) is 11.6 Å². The summed E-state index contributed by atoms with van der Waals surface area (Å²) in [6, 6.07) is 4.93. The van der Waals surface area contributed by atoms with Crippen molar-refractivity contribution in [1.29, 1.82) is 0 Å². The standard InChI is InChI=1S/C10H8ClN3OS/c11-7-3-1-2-6(8(7)12)9(15)14-10-13-4-5-16-10/h1-5H,12H2,(H,13,14,15). The second-order valence-corrected chi connectivity index (χ2v) is 4.29. The lowest BCUT2D eigenvalue weighted by molar-refractivity contribution is 0.102. The Labute approximate surface area is 101 Å². The van der Waals surface area contributed by atoms with Gasteiger partial charge in [-0.2, -0.15) is 0 Å². The van der Waals surface area contributed by atoms with Crippen LogP contribution in [-0.4, -0.2) is 10.9 Å². The van der Waals surface area contributed by atoms with Gasteiger partial charge in [0.05, 0.1) is 16.3 Å². The van der Waals surface area contributed by atoms with Crippen molar-refractivity contribution >= 4 is 39.7 Å². The molecule has 0 radical (unpaired) electrons. The number of nitrogens with one attached hydrogen (secondary N) is 1. The molecule has 0 spiro atoms. The Morgan fingerprint density at radius 3 is 3.00 bits per heavy atom. The van der Waals surface area contributed by atoms with E-state index >= 15 is 0 Å². The summed E-state index contributed by atoms with van der Waals surface area (Å²) in [5.74, 6) is -0.310. The number of carbonyl (C=O) groups excluding carboxylic acids is 1. The highest BCUT2D eigenvalue weighted by molar-refractivity contribution is 7.13. The van der Waals surface area contributed by atoms with Crippen LogP contribution >= 0.6 is 22.9 Å². The van der Waals surface area contributed by atoms with E-state index in [0.717, 1.165) is 0 Å². The zero-order valence-electron chi connectivity index (χ0n) is 8.11. The minimum atomic E-state index is -0.310. The highest BCUT2D eigenvalue weighted by Crippen LogP contribution is 2.23. The number of para-hydroxylation sites is 1. The summed E-state index contributed by atoms with van der Waals surface area (Å²) in [6.07, 6.45) is 1.61. The summed E-state index contributed by atoms with van der Waals surface area (Å²) in [7, 11) is 0. The molecule has 4 nitrogen and oxygen atoms in total. The number of amides is 1. The number of hydrogen-bond donors (Lipinski definition) is 2. The topological polar surface area (TPSA) is 68.0 Å². The molecule has 0 unspecified atom stereocenters. The lowest BCUT2D eigenvalue weighted by atomic mass is 10.1. The van der Waals surface area contributed by atoms with Gasteiger partial charge in [-0.3, -0.25) is 10.1 Å². The smallest absolute Gasteiger partial charge is 0.259 e. The Balaban J connectivity index is 2.24. The molecule has 3 N–H and O–H groups in total. The number of rotatable bonds is 2. The van der Waals surface area contributed by atoms with Gasteiger partial charge in [-0.1, -0.05) is 17.7 Å². The van der Waals surface area contributed by atoms with Gasteiger partial charge in [0.15, 0.2) is 5.13 Å². The predicted molar refractivity (Wildman–Crippen MR) is 65.9 cm³/mol. The lowest BCUT2D eigenvalue weighted by Gasteiger charge is -2.06. The predicted octanol–water partition coefficient (Wildman–Crippen LogP) is 2.63. The van der Waals surface area contributed by atoms with E-state index in [1.165, 1.54) is 11.3 Å². The average Bonchev–Trinajstić information content (AvgIpc) is 2.74. The third kappa shape index (κ3) is 2.15. The van der Waals surface area contributed by atoms with Crippen molar-refractivity contribution in [1.82, 2.24) is 4.98 Å². The van der Waals surface area contributed by atoms with Crippen LogP contribution in [0, 0.1) is 0 Å². The van der Waals surface area contributed by atoms with Crippen LogP contribution in [0.1, 0.15) is 10.4 Å². The fourth-order valence-electron chi connectivity index (χ4n) is 1.18. The van der Waals surface area contributed by atoms with Gasteiger partial charge in [0.2, 0.25) is 0 Å². The van der Waals surface area contributed by atoms with Crippen molar-refractivity contribution in [3.8, 4) is 0 Å². The van der Waals surface area contributed by atoms with E-state index in [1.54, 1.807) is 29.8 Å². The molecule has 0 aliphatic rings. The highest BCUT2D eigenvalue weighted by Gasteiger charge is 2.12. The van der Waals surface area contributed by atoms with Crippen molar-refractivity contribution in [2.75, 3.05) is 11.1 Å². The van der Waals surface area contributed by atoms with Crippen molar-refractivity contribution in [3.05, 3.63) is 40.4 Å². The van der Waals surface area contributed by atoms with Crippen LogP contribution < -0.4 is 11.1 Å². The number of nitrogen functional groups attached to an aromatic ring is 1. The van der Waals surface area contributed by atoms with E-state index in [2.05, 4.69) is 10.3 Å². The molecular weight excluding hydrogens is 246 g/mol. The summed E-state index contributed by atoms with van der Waals surface area (Å²) < 4.78 is 0. The van der Waals surface area contributed by atoms with Gasteiger partial charge in [-0.05, 0) is 12.1 Å². The largest absolute Gasteiger partial charge is 0.397 e. The molecule has 2 rings (SSSR count). The first-order valence-electron chi connectivity index (χ1n) is 4.43. The van der Waals surface area contributed by atoms with Crippen molar-refractivity contribution in [2.24, 2.45) is 0 Å². The summed E-state index contributed by atoms with van der Waals surface area (Å²) in [6.45, 7) is 0. The molecule has 1 heterocycles. The number of aromatic nitrogens is 1. The molecule has 0 fully saturated rings. The van der Waals surface area contributed by atoms with Gasteiger partial charge in [-0.15, -0.1) is 11.3 Å². The molecule has 0 atom stereocenters. The fraction of sp³-hybridized carbons (Fsp3) is 0. The first-order chi connectivity index (χ1) is 7.68. The van der Waals surface area contributed by atoms with Crippen LogP contribution in [0.4, 0.5) is 10.8 Å². The van der Waals surface area contributed by atoms with E-state index in [0.29, 0.717) is 15.7 Å². The summed E-state index contributed by atoms with van der Waals surface area (Å²) in [4.78, 5) is 15.7. The van der Waals surface area contributed by atoms with Crippen LogP contribution in [0.2, 0.25) is 5.02 Å². The van der Waals surface area contributed by atoms with Crippen LogP contribution in [0.3, 0.4) is 0 Å². The van der Waals surface area contributed by atoms with Crippen LogP contribution in [0.15, 0.2) is 29.8 Å². The first kappa shape index (κ1) is 10.9. The second kappa shape index (κ2) is 4.51. The third-order valence-electron chi connectivity index (χ3n) is 1.95. The number of nitrogens with zero attached hydrogens (tertiary/aromatic N) is 1. The van der Waals surface area contributed by atoms with E-state index in [9.17, 15) is 4.79 Å². The number of halogens is 1. The SMILES string of the molecule is Nc1c(Cl)cccc1C(=O)Nc1nccs1. The molecule has 2 aromatic rings. The Hall–Kier alpha value is -1.59. The lowest BCUT2D eigenvalue weighted by Crippen LogP contribution is -2.13. The van der Waals surface area contributed by atoms with Gasteiger partial charge < -0.3 is 5.73 Å². The molecular formula is C10H8ClN3OS. The Morgan fingerprint density at radius 1 is 1.50 bits per heavy atom. The number of anilines is 2. The van der Waals surface area contributed by atoms with E-state index in [4.69, 9.17) is 17.3 Å². The normalized spacial score (nSPS) is 10.1. The van der Waals surface area contributed by atoms with Crippen LogP contribution in [0.25, 0.3) is 0 Å². The number of thiazole rings is 1.